The van der Waals surface area contributed by atoms with Crippen molar-refractivity contribution in [3.05, 3.63) is 57.8 Å². The first kappa shape index (κ1) is 25.0. The number of aliphatic hydroxyl groups is 1. The average Bonchev–Trinajstić information content (AvgIpc) is 3.44. The van der Waals surface area contributed by atoms with Crippen LogP contribution in [0.1, 0.15) is 65.6 Å². The van der Waals surface area contributed by atoms with E-state index in [-0.39, 0.29) is 29.9 Å². The second-order valence-electron chi connectivity index (χ2n) is 8.67. The molecule has 0 bridgehead atoms. The number of nitrogens with zero attached hydrogens (tertiary/aromatic N) is 1. The largest absolute Gasteiger partial charge is 0.465 e. The zero-order chi connectivity index (χ0) is 23.6. The van der Waals surface area contributed by atoms with Crippen LogP contribution in [-0.2, 0) is 16.0 Å². The van der Waals surface area contributed by atoms with Crippen molar-refractivity contribution in [3.8, 4) is 11.8 Å². The highest BCUT2D eigenvalue weighted by atomic mass is 32.1. The van der Waals surface area contributed by atoms with Crippen molar-refractivity contribution in [1.29, 1.82) is 0 Å². The van der Waals surface area contributed by atoms with Gasteiger partial charge in [0.2, 0.25) is 5.91 Å². The molecular weight excluding hydrogens is 434 g/mol. The first-order valence-corrected chi connectivity index (χ1v) is 12.5. The summed E-state index contributed by atoms with van der Waals surface area (Å²) in [5, 5.41) is 10.7. The number of benzene rings is 1. The van der Waals surface area contributed by atoms with Gasteiger partial charge >= 0.3 is 5.97 Å². The van der Waals surface area contributed by atoms with Crippen molar-refractivity contribution >= 4 is 23.2 Å². The van der Waals surface area contributed by atoms with Gasteiger partial charge in [-0.1, -0.05) is 49.1 Å². The Morgan fingerprint density at radius 1 is 1.24 bits per heavy atom. The molecule has 176 valence electrons. The molecule has 1 amide bonds. The van der Waals surface area contributed by atoms with E-state index in [1.165, 1.54) is 24.0 Å². The fraction of sp³-hybridized carbons (Fsp3) is 0.481. The smallest absolute Gasteiger partial charge is 0.348 e. The summed E-state index contributed by atoms with van der Waals surface area (Å²) in [6.07, 6.45) is 5.59. The number of likely N-dealkylation sites (tertiary alicyclic amines) is 1. The van der Waals surface area contributed by atoms with Gasteiger partial charge in [-0.25, -0.2) is 4.79 Å². The number of aryl methyl sites for hydroxylation is 1. The number of hydrogen-bond acceptors (Lipinski definition) is 5. The number of aliphatic hydroxyl groups excluding tert-OH is 1. The Hall–Kier alpha value is -2.62. The molecule has 1 N–H and O–H groups in total. The molecule has 0 unspecified atom stereocenters. The maximum absolute atomic E-state index is 12.4. The maximum Gasteiger partial charge on any atom is 0.348 e. The van der Waals surface area contributed by atoms with Crippen LogP contribution in [0.25, 0.3) is 0 Å². The Morgan fingerprint density at radius 2 is 2.03 bits per heavy atom. The summed E-state index contributed by atoms with van der Waals surface area (Å²) in [5.74, 6) is 6.13. The molecule has 0 radical (unpaired) electrons. The van der Waals surface area contributed by atoms with Gasteiger partial charge in [0, 0.05) is 12.5 Å². The number of carbonyl (C=O) groups excluding carboxylic acids is 2. The monoisotopic (exact) mass is 467 g/mol. The second-order valence-corrected chi connectivity index (χ2v) is 9.75. The predicted octanol–water partition coefficient (Wildman–Crippen LogP) is 4.68. The minimum Gasteiger partial charge on any atom is -0.465 e. The highest BCUT2D eigenvalue weighted by Crippen LogP contribution is 2.25. The zero-order valence-electron chi connectivity index (χ0n) is 19.5. The van der Waals surface area contributed by atoms with Gasteiger partial charge in [0.25, 0.3) is 0 Å². The van der Waals surface area contributed by atoms with Crippen molar-refractivity contribution in [2.75, 3.05) is 13.7 Å². The van der Waals surface area contributed by atoms with E-state index >= 15 is 0 Å². The number of thiophene rings is 1. The molecule has 3 atom stereocenters. The first-order valence-electron chi connectivity index (χ1n) is 11.7. The molecule has 1 aromatic carbocycles. The van der Waals surface area contributed by atoms with E-state index < -0.39 is 0 Å². The van der Waals surface area contributed by atoms with E-state index in [9.17, 15) is 14.7 Å². The summed E-state index contributed by atoms with van der Waals surface area (Å²) < 4.78 is 4.72. The number of ether oxygens (including phenoxy) is 1. The van der Waals surface area contributed by atoms with Crippen LogP contribution in [-0.4, -0.2) is 47.7 Å². The Morgan fingerprint density at radius 3 is 2.79 bits per heavy atom. The summed E-state index contributed by atoms with van der Waals surface area (Å²) in [7, 11) is 1.36. The molecule has 2 aromatic rings. The molecule has 2 heterocycles. The molecule has 33 heavy (non-hydrogen) atoms. The fourth-order valence-electron chi connectivity index (χ4n) is 4.25. The first-order chi connectivity index (χ1) is 16.0. The van der Waals surface area contributed by atoms with Crippen LogP contribution >= 0.6 is 11.3 Å². The lowest BCUT2D eigenvalue weighted by Gasteiger charge is -2.25. The van der Waals surface area contributed by atoms with Gasteiger partial charge < -0.3 is 14.7 Å². The molecule has 1 fully saturated rings. The van der Waals surface area contributed by atoms with E-state index in [1.54, 1.807) is 12.1 Å². The molecule has 0 spiro atoms. The van der Waals surface area contributed by atoms with Crippen molar-refractivity contribution in [2.24, 2.45) is 5.92 Å². The highest BCUT2D eigenvalue weighted by molar-refractivity contribution is 7.14. The number of rotatable bonds is 10. The lowest BCUT2D eigenvalue weighted by Crippen LogP contribution is -2.34. The minimum atomic E-state index is -0.365. The molecule has 5 nitrogen and oxygen atoms in total. The number of esters is 1. The van der Waals surface area contributed by atoms with Gasteiger partial charge in [-0.2, -0.15) is 0 Å². The Bertz CT molecular complexity index is 975. The van der Waals surface area contributed by atoms with E-state index in [4.69, 9.17) is 4.74 Å². The summed E-state index contributed by atoms with van der Waals surface area (Å²) in [6.45, 7) is 2.49. The van der Waals surface area contributed by atoms with Crippen molar-refractivity contribution < 1.29 is 19.4 Å². The normalized spacial score (nSPS) is 17.4. The Kier molecular flexibility index (Phi) is 9.53. The van der Waals surface area contributed by atoms with Crippen LogP contribution < -0.4 is 0 Å². The summed E-state index contributed by atoms with van der Waals surface area (Å²) in [4.78, 5) is 27.0. The van der Waals surface area contributed by atoms with Crippen molar-refractivity contribution in [1.82, 2.24) is 4.90 Å². The highest BCUT2D eigenvalue weighted by Gasteiger charge is 2.30. The van der Waals surface area contributed by atoms with E-state index in [0.29, 0.717) is 24.3 Å². The average molecular weight is 468 g/mol. The standard InChI is InChI=1S/C27H33NO4S/c1-20(8-6-11-21-9-4-3-5-10-21)24(29)16-13-22-14-18-26(30)28(22)19-7-12-23-15-17-25(33-23)27(31)32-2/h3-5,9-10,15,17,20,22,24,29H,6,8,11,13-14,16,18-19H2,1-2H3/t20-,22-,24+/m0/s1. The van der Waals surface area contributed by atoms with Gasteiger partial charge in [0.1, 0.15) is 4.88 Å². The third kappa shape index (κ3) is 7.45. The van der Waals surface area contributed by atoms with E-state index in [1.807, 2.05) is 11.0 Å². The van der Waals surface area contributed by atoms with E-state index in [0.717, 1.165) is 37.0 Å². The topological polar surface area (TPSA) is 66.8 Å². The van der Waals surface area contributed by atoms with Gasteiger partial charge in [-0.15, -0.1) is 11.3 Å². The Labute approximate surface area is 200 Å². The number of amides is 1. The molecule has 1 aliphatic rings. The van der Waals surface area contributed by atoms with Gasteiger partial charge in [-0.05, 0) is 62.1 Å². The van der Waals surface area contributed by atoms with E-state index in [2.05, 4.69) is 43.0 Å². The second kappa shape index (κ2) is 12.6. The SMILES string of the molecule is COC(=O)c1ccc(C#CCN2C(=O)CC[C@@H]2CC[C@@H](O)[C@@H](C)CCCc2ccccc2)s1. The van der Waals surface area contributed by atoms with Crippen LogP contribution in [0.4, 0.5) is 0 Å². The summed E-state index contributed by atoms with van der Waals surface area (Å²) >= 11 is 1.29. The molecule has 1 aliphatic heterocycles. The molecule has 3 rings (SSSR count). The van der Waals surface area contributed by atoms with Crippen molar-refractivity contribution in [2.45, 2.75) is 64.0 Å². The molecule has 1 saturated heterocycles. The molecule has 1 aromatic heterocycles. The number of methoxy groups -OCH3 is 1. The fourth-order valence-corrected chi connectivity index (χ4v) is 5.05. The number of hydrogen-bond donors (Lipinski definition) is 1. The van der Waals surface area contributed by atoms with Gasteiger partial charge in [-0.3, -0.25) is 4.79 Å². The third-order valence-electron chi connectivity index (χ3n) is 6.33. The molecular formula is C27H33NO4S. The van der Waals surface area contributed by atoms with Crippen LogP contribution in [0.2, 0.25) is 0 Å². The van der Waals surface area contributed by atoms with Crippen molar-refractivity contribution in [3.63, 3.8) is 0 Å². The third-order valence-corrected chi connectivity index (χ3v) is 7.31. The molecule has 6 heteroatoms. The van der Waals surface area contributed by atoms with Crippen LogP contribution in [0.15, 0.2) is 42.5 Å². The Balaban J connectivity index is 1.43. The predicted molar refractivity (Wildman–Crippen MR) is 131 cm³/mol. The summed E-state index contributed by atoms with van der Waals surface area (Å²) in [6, 6.07) is 14.1. The maximum atomic E-state index is 12.4. The van der Waals surface area contributed by atoms with Crippen LogP contribution in [0, 0.1) is 17.8 Å². The zero-order valence-corrected chi connectivity index (χ0v) is 20.3. The quantitative estimate of drug-likeness (QED) is 0.407. The van der Waals surface area contributed by atoms with Gasteiger partial charge in [0.05, 0.1) is 24.6 Å². The van der Waals surface area contributed by atoms with Crippen LogP contribution in [0.3, 0.4) is 0 Å². The van der Waals surface area contributed by atoms with Crippen LogP contribution in [0.5, 0.6) is 0 Å². The number of carbonyl (C=O) groups is 2. The van der Waals surface area contributed by atoms with Gasteiger partial charge in [0.15, 0.2) is 0 Å². The molecule has 0 saturated carbocycles. The minimum absolute atomic E-state index is 0.126. The molecule has 0 aliphatic carbocycles. The lowest BCUT2D eigenvalue weighted by molar-refractivity contribution is -0.128. The lowest BCUT2D eigenvalue weighted by atomic mass is 9.92. The summed E-state index contributed by atoms with van der Waals surface area (Å²) in [5.41, 5.74) is 1.34.